The fraction of sp³-hybridized carbons (Fsp3) is 0.500. The van der Waals surface area contributed by atoms with Gasteiger partial charge in [-0.2, -0.15) is 0 Å². The Morgan fingerprint density at radius 2 is 2.17 bits per heavy atom. The van der Waals surface area contributed by atoms with Gasteiger partial charge in [0.25, 0.3) is 0 Å². The zero-order valence-corrected chi connectivity index (χ0v) is 10.1. The second kappa shape index (κ2) is 5.96. The first kappa shape index (κ1) is 13.0. The Morgan fingerprint density at radius 1 is 1.44 bits per heavy atom. The van der Waals surface area contributed by atoms with Crippen molar-refractivity contribution in [1.82, 2.24) is 0 Å². The molecule has 1 saturated heterocycles. The lowest BCUT2D eigenvalue weighted by Crippen LogP contribution is -2.30. The summed E-state index contributed by atoms with van der Waals surface area (Å²) in [6.45, 7) is 1.25. The quantitative estimate of drug-likeness (QED) is 0.895. The van der Waals surface area contributed by atoms with Crippen LogP contribution in [0.1, 0.15) is 18.4 Å². The Bertz CT molecular complexity index is 413. The highest BCUT2D eigenvalue weighted by atomic mass is 19.1. The van der Waals surface area contributed by atoms with Gasteiger partial charge in [0, 0.05) is 13.2 Å². The fourth-order valence-corrected chi connectivity index (χ4v) is 2.49. The van der Waals surface area contributed by atoms with Gasteiger partial charge >= 0.3 is 5.97 Å². The molecule has 0 aliphatic carbocycles. The molecule has 2 rings (SSSR count). The molecule has 1 aromatic rings. The minimum atomic E-state index is -0.800. The van der Waals surface area contributed by atoms with Gasteiger partial charge in [-0.3, -0.25) is 4.79 Å². The lowest BCUT2D eigenvalue weighted by Gasteiger charge is -2.27. The van der Waals surface area contributed by atoms with E-state index >= 15 is 0 Å². The maximum atomic E-state index is 13.1. The predicted octanol–water partition coefficient (Wildman–Crippen LogP) is 2.50. The molecule has 3 nitrogen and oxygen atoms in total. The SMILES string of the molecule is O=C(O)C(Cc1cccc(F)c1)C1CCOCC1. The summed E-state index contributed by atoms with van der Waals surface area (Å²) in [6.07, 6.45) is 1.93. The smallest absolute Gasteiger partial charge is 0.307 e. The van der Waals surface area contributed by atoms with E-state index in [2.05, 4.69) is 0 Å². The van der Waals surface area contributed by atoms with Crippen LogP contribution in [0, 0.1) is 17.7 Å². The summed E-state index contributed by atoms with van der Waals surface area (Å²) < 4.78 is 18.3. The molecule has 4 heteroatoms. The number of carbonyl (C=O) groups is 1. The van der Waals surface area contributed by atoms with E-state index in [0.29, 0.717) is 19.6 Å². The van der Waals surface area contributed by atoms with Gasteiger partial charge in [-0.15, -0.1) is 0 Å². The van der Waals surface area contributed by atoms with Gasteiger partial charge < -0.3 is 9.84 Å². The average molecular weight is 252 g/mol. The Balaban J connectivity index is 2.08. The van der Waals surface area contributed by atoms with Crippen LogP contribution in [0.2, 0.25) is 0 Å². The Hall–Kier alpha value is -1.42. The van der Waals surface area contributed by atoms with Crippen LogP contribution < -0.4 is 0 Å². The van der Waals surface area contributed by atoms with E-state index < -0.39 is 11.9 Å². The molecule has 1 atom stereocenters. The van der Waals surface area contributed by atoms with E-state index in [1.165, 1.54) is 12.1 Å². The molecular weight excluding hydrogens is 235 g/mol. The van der Waals surface area contributed by atoms with Gasteiger partial charge in [0.2, 0.25) is 0 Å². The molecule has 1 N–H and O–H groups in total. The summed E-state index contributed by atoms with van der Waals surface area (Å²) in [5, 5.41) is 9.32. The summed E-state index contributed by atoms with van der Waals surface area (Å²) in [5.41, 5.74) is 0.744. The van der Waals surface area contributed by atoms with Gasteiger partial charge in [0.1, 0.15) is 5.82 Å². The number of aliphatic carboxylic acids is 1. The summed E-state index contributed by atoms with van der Waals surface area (Å²) in [5.74, 6) is -1.44. The largest absolute Gasteiger partial charge is 0.481 e. The molecule has 1 aliphatic rings. The van der Waals surface area contributed by atoms with Crippen LogP contribution in [-0.4, -0.2) is 24.3 Å². The van der Waals surface area contributed by atoms with Crippen molar-refractivity contribution in [3.63, 3.8) is 0 Å². The fourth-order valence-electron chi connectivity index (χ4n) is 2.49. The number of hydrogen-bond acceptors (Lipinski definition) is 2. The monoisotopic (exact) mass is 252 g/mol. The summed E-state index contributed by atoms with van der Waals surface area (Å²) >= 11 is 0. The van der Waals surface area contributed by atoms with Crippen LogP contribution in [0.3, 0.4) is 0 Å². The van der Waals surface area contributed by atoms with E-state index in [1.54, 1.807) is 12.1 Å². The van der Waals surface area contributed by atoms with Gasteiger partial charge in [-0.1, -0.05) is 12.1 Å². The molecule has 1 fully saturated rings. The normalized spacial score (nSPS) is 18.5. The zero-order chi connectivity index (χ0) is 13.0. The molecule has 0 radical (unpaired) electrons. The molecule has 0 spiro atoms. The molecule has 18 heavy (non-hydrogen) atoms. The van der Waals surface area contributed by atoms with Crippen LogP contribution in [-0.2, 0) is 16.0 Å². The zero-order valence-electron chi connectivity index (χ0n) is 10.1. The maximum Gasteiger partial charge on any atom is 0.307 e. The second-order valence-electron chi connectivity index (χ2n) is 4.73. The lowest BCUT2D eigenvalue weighted by atomic mass is 9.82. The minimum Gasteiger partial charge on any atom is -0.481 e. The van der Waals surface area contributed by atoms with Gasteiger partial charge in [0.15, 0.2) is 0 Å². The van der Waals surface area contributed by atoms with Gasteiger partial charge in [-0.25, -0.2) is 4.39 Å². The van der Waals surface area contributed by atoms with Crippen LogP contribution in [0.15, 0.2) is 24.3 Å². The summed E-state index contributed by atoms with van der Waals surface area (Å²) in [7, 11) is 0. The number of carboxylic acids is 1. The van der Waals surface area contributed by atoms with Crippen LogP contribution in [0.4, 0.5) is 4.39 Å². The lowest BCUT2D eigenvalue weighted by molar-refractivity contribution is -0.145. The average Bonchev–Trinajstić information content (AvgIpc) is 2.37. The molecule has 0 bridgehead atoms. The minimum absolute atomic E-state index is 0.125. The number of halogens is 1. The number of hydrogen-bond donors (Lipinski definition) is 1. The van der Waals surface area contributed by atoms with Crippen molar-refractivity contribution in [2.45, 2.75) is 19.3 Å². The van der Waals surface area contributed by atoms with E-state index in [0.717, 1.165) is 18.4 Å². The van der Waals surface area contributed by atoms with Crippen molar-refractivity contribution < 1.29 is 19.0 Å². The van der Waals surface area contributed by atoms with Crippen molar-refractivity contribution >= 4 is 5.97 Å². The van der Waals surface area contributed by atoms with E-state index in [4.69, 9.17) is 4.74 Å². The van der Waals surface area contributed by atoms with Gasteiger partial charge in [0.05, 0.1) is 5.92 Å². The van der Waals surface area contributed by atoms with Crippen molar-refractivity contribution in [3.8, 4) is 0 Å². The van der Waals surface area contributed by atoms with E-state index in [9.17, 15) is 14.3 Å². The van der Waals surface area contributed by atoms with Crippen LogP contribution >= 0.6 is 0 Å². The molecular formula is C14H17FO3. The first-order valence-corrected chi connectivity index (χ1v) is 6.22. The molecule has 0 amide bonds. The Morgan fingerprint density at radius 3 is 2.78 bits per heavy atom. The third-order valence-electron chi connectivity index (χ3n) is 3.50. The van der Waals surface area contributed by atoms with Crippen molar-refractivity contribution in [2.24, 2.45) is 11.8 Å². The summed E-state index contributed by atoms with van der Waals surface area (Å²) in [6, 6.07) is 6.18. The highest BCUT2D eigenvalue weighted by Gasteiger charge is 2.29. The first-order valence-electron chi connectivity index (χ1n) is 6.22. The molecule has 1 unspecified atom stereocenters. The molecule has 1 aromatic carbocycles. The predicted molar refractivity (Wildman–Crippen MR) is 64.8 cm³/mol. The van der Waals surface area contributed by atoms with Gasteiger partial charge in [-0.05, 0) is 42.9 Å². The molecule has 98 valence electrons. The van der Waals surface area contributed by atoms with E-state index in [1.807, 2.05) is 0 Å². The van der Waals surface area contributed by atoms with E-state index in [-0.39, 0.29) is 11.7 Å². The molecule has 0 aromatic heterocycles. The number of rotatable bonds is 4. The number of carboxylic acid groups (broad SMARTS) is 1. The Kier molecular flexibility index (Phi) is 4.31. The maximum absolute atomic E-state index is 13.1. The van der Waals surface area contributed by atoms with Crippen molar-refractivity contribution in [1.29, 1.82) is 0 Å². The second-order valence-corrected chi connectivity index (χ2v) is 4.73. The number of benzene rings is 1. The van der Waals surface area contributed by atoms with Crippen molar-refractivity contribution in [2.75, 3.05) is 13.2 Å². The first-order chi connectivity index (χ1) is 8.66. The van der Waals surface area contributed by atoms with Crippen molar-refractivity contribution in [3.05, 3.63) is 35.6 Å². The topological polar surface area (TPSA) is 46.5 Å². The third kappa shape index (κ3) is 3.29. The third-order valence-corrected chi connectivity index (χ3v) is 3.50. The molecule has 0 saturated carbocycles. The summed E-state index contributed by atoms with van der Waals surface area (Å²) in [4.78, 5) is 11.4. The standard InChI is InChI=1S/C14H17FO3/c15-12-3-1-2-10(8-12)9-13(14(16)17)11-4-6-18-7-5-11/h1-3,8,11,13H,4-7,9H2,(H,16,17). The van der Waals surface area contributed by atoms with Crippen LogP contribution in [0.25, 0.3) is 0 Å². The highest BCUT2D eigenvalue weighted by Crippen LogP contribution is 2.27. The van der Waals surface area contributed by atoms with Crippen LogP contribution in [0.5, 0.6) is 0 Å². The molecule has 1 aliphatic heterocycles. The Labute approximate surface area is 106 Å². The number of ether oxygens (including phenoxy) is 1. The highest BCUT2D eigenvalue weighted by molar-refractivity contribution is 5.70. The molecule has 1 heterocycles.